The van der Waals surface area contributed by atoms with E-state index >= 15 is 0 Å². The van der Waals surface area contributed by atoms with Gasteiger partial charge < -0.3 is 14.5 Å². The number of anilines is 1. The van der Waals surface area contributed by atoms with E-state index in [2.05, 4.69) is 14.9 Å². The van der Waals surface area contributed by atoms with E-state index in [1.54, 1.807) is 25.6 Å². The van der Waals surface area contributed by atoms with E-state index < -0.39 is 0 Å². The molecule has 1 aliphatic rings. The van der Waals surface area contributed by atoms with Crippen LogP contribution in [0.4, 0.5) is 5.95 Å². The first-order valence-electron chi connectivity index (χ1n) is 9.97. The number of carbonyl (C=O) groups excluding carboxylic acids is 1. The maximum Gasteiger partial charge on any atom is 0.254 e. The minimum atomic E-state index is 0.0146. The van der Waals surface area contributed by atoms with Crippen molar-refractivity contribution in [1.82, 2.24) is 14.9 Å². The molecule has 3 aromatic rings. The van der Waals surface area contributed by atoms with Gasteiger partial charge in [-0.1, -0.05) is 48.5 Å². The highest BCUT2D eigenvalue weighted by Crippen LogP contribution is 2.26. The molecule has 2 aromatic carbocycles. The predicted octanol–water partition coefficient (Wildman–Crippen LogP) is 3.37. The van der Waals surface area contributed by atoms with Gasteiger partial charge in [0.2, 0.25) is 5.95 Å². The first kappa shape index (κ1) is 19.6. The van der Waals surface area contributed by atoms with Crippen LogP contribution in [0.1, 0.15) is 11.1 Å². The van der Waals surface area contributed by atoms with Crippen molar-refractivity contribution in [2.45, 2.75) is 0 Å². The molecule has 4 rings (SSSR count). The van der Waals surface area contributed by atoms with Crippen molar-refractivity contribution in [1.29, 1.82) is 0 Å². The summed E-state index contributed by atoms with van der Waals surface area (Å²) in [6, 6.07) is 19.3. The minimum Gasteiger partial charge on any atom is -0.496 e. The van der Waals surface area contributed by atoms with Crippen molar-refractivity contribution in [2.24, 2.45) is 0 Å². The average molecular weight is 400 g/mol. The molecule has 0 saturated carbocycles. The lowest BCUT2D eigenvalue weighted by Gasteiger charge is -2.35. The molecular formula is C24H24N4O2. The van der Waals surface area contributed by atoms with Crippen LogP contribution in [-0.2, 0) is 4.79 Å². The number of ether oxygens (including phenoxy) is 1. The van der Waals surface area contributed by atoms with Crippen LogP contribution in [0.3, 0.4) is 0 Å². The van der Waals surface area contributed by atoms with Crippen LogP contribution in [0.5, 0.6) is 5.75 Å². The second kappa shape index (κ2) is 9.22. The van der Waals surface area contributed by atoms with Crippen molar-refractivity contribution in [3.8, 4) is 5.75 Å². The van der Waals surface area contributed by atoms with Crippen molar-refractivity contribution in [3.05, 3.63) is 84.2 Å². The van der Waals surface area contributed by atoms with Crippen molar-refractivity contribution < 1.29 is 9.53 Å². The van der Waals surface area contributed by atoms with Crippen molar-refractivity contribution >= 4 is 23.5 Å². The Bertz CT molecular complexity index is 1010. The van der Waals surface area contributed by atoms with E-state index in [0.29, 0.717) is 37.7 Å². The van der Waals surface area contributed by atoms with Gasteiger partial charge >= 0.3 is 0 Å². The smallest absolute Gasteiger partial charge is 0.254 e. The minimum absolute atomic E-state index is 0.0146. The van der Waals surface area contributed by atoms with Gasteiger partial charge in [-0.05, 0) is 23.8 Å². The number of para-hydroxylation sites is 1. The van der Waals surface area contributed by atoms with Crippen molar-refractivity contribution in [2.75, 3.05) is 38.2 Å². The molecule has 2 heterocycles. The molecule has 0 aliphatic carbocycles. The molecule has 1 amide bonds. The molecule has 1 saturated heterocycles. The molecule has 1 aliphatic heterocycles. The molecule has 0 N–H and O–H groups in total. The summed E-state index contributed by atoms with van der Waals surface area (Å²) in [4.78, 5) is 26.1. The van der Waals surface area contributed by atoms with E-state index in [0.717, 1.165) is 16.9 Å². The van der Waals surface area contributed by atoms with Crippen LogP contribution in [-0.4, -0.2) is 54.1 Å². The number of methoxy groups -OCH3 is 1. The van der Waals surface area contributed by atoms with Gasteiger partial charge in [-0.2, -0.15) is 0 Å². The first-order valence-corrected chi connectivity index (χ1v) is 9.97. The normalized spacial score (nSPS) is 14.5. The summed E-state index contributed by atoms with van der Waals surface area (Å²) in [6.07, 6.45) is 5.40. The van der Waals surface area contributed by atoms with Gasteiger partial charge in [0.1, 0.15) is 5.75 Å². The van der Waals surface area contributed by atoms with Gasteiger partial charge in [-0.15, -0.1) is 0 Å². The number of rotatable bonds is 5. The Morgan fingerprint density at radius 2 is 1.57 bits per heavy atom. The summed E-state index contributed by atoms with van der Waals surface area (Å²) in [6.45, 7) is 2.64. The number of carbonyl (C=O) groups is 1. The van der Waals surface area contributed by atoms with Crippen LogP contribution in [0.25, 0.3) is 11.6 Å². The molecule has 0 spiro atoms. The Balaban J connectivity index is 1.59. The number of piperazine rings is 1. The topological polar surface area (TPSA) is 58.6 Å². The third-order valence-corrected chi connectivity index (χ3v) is 5.16. The highest BCUT2D eigenvalue weighted by Gasteiger charge is 2.25. The second-order valence-corrected chi connectivity index (χ2v) is 6.99. The Morgan fingerprint density at radius 1 is 0.900 bits per heavy atom. The molecule has 6 nitrogen and oxygen atoms in total. The molecule has 6 heteroatoms. The van der Waals surface area contributed by atoms with E-state index in [1.165, 1.54) is 0 Å². The highest BCUT2D eigenvalue weighted by atomic mass is 16.5. The zero-order chi connectivity index (χ0) is 20.8. The summed E-state index contributed by atoms with van der Waals surface area (Å²) < 4.78 is 5.48. The third-order valence-electron chi connectivity index (χ3n) is 5.16. The molecule has 152 valence electrons. The number of hydrogen-bond donors (Lipinski definition) is 0. The largest absolute Gasteiger partial charge is 0.496 e. The molecular weight excluding hydrogens is 376 g/mol. The Hall–Kier alpha value is -3.67. The highest BCUT2D eigenvalue weighted by molar-refractivity contribution is 6.24. The standard InChI is InChI=1S/C24H24N4O2/c1-30-22-11-6-5-10-20(22)18-21(19-8-3-2-4-9-19)23(29)27-14-16-28(17-15-27)24-25-12-7-13-26-24/h2-13,18H,14-17H2,1H3/b21-18+. The van der Waals surface area contributed by atoms with Gasteiger partial charge in [0.05, 0.1) is 7.11 Å². The van der Waals surface area contributed by atoms with Crippen molar-refractivity contribution in [3.63, 3.8) is 0 Å². The van der Waals surface area contributed by atoms with Gasteiger partial charge in [-0.3, -0.25) is 4.79 Å². The van der Waals surface area contributed by atoms with E-state index in [9.17, 15) is 4.79 Å². The van der Waals surface area contributed by atoms with Gasteiger partial charge in [0, 0.05) is 49.7 Å². The predicted molar refractivity (Wildman–Crippen MR) is 118 cm³/mol. The average Bonchev–Trinajstić information content (AvgIpc) is 2.83. The van der Waals surface area contributed by atoms with Gasteiger partial charge in [0.25, 0.3) is 5.91 Å². The Kier molecular flexibility index (Phi) is 6.03. The first-order chi connectivity index (χ1) is 14.8. The number of nitrogens with zero attached hydrogens (tertiary/aromatic N) is 4. The zero-order valence-corrected chi connectivity index (χ0v) is 16.9. The van der Waals surface area contributed by atoms with Crippen LogP contribution in [0.15, 0.2) is 73.1 Å². The lowest BCUT2D eigenvalue weighted by Crippen LogP contribution is -2.49. The number of benzene rings is 2. The maximum absolute atomic E-state index is 13.5. The fourth-order valence-corrected chi connectivity index (χ4v) is 3.56. The summed E-state index contributed by atoms with van der Waals surface area (Å²) in [5.74, 6) is 1.46. The molecule has 0 bridgehead atoms. The van der Waals surface area contributed by atoms with Crippen LogP contribution in [0.2, 0.25) is 0 Å². The van der Waals surface area contributed by atoms with E-state index in [1.807, 2.05) is 65.6 Å². The summed E-state index contributed by atoms with van der Waals surface area (Å²) >= 11 is 0. The molecule has 30 heavy (non-hydrogen) atoms. The lowest BCUT2D eigenvalue weighted by atomic mass is 10.0. The Labute approximate surface area is 176 Å². The van der Waals surface area contributed by atoms with E-state index in [-0.39, 0.29) is 5.91 Å². The zero-order valence-electron chi connectivity index (χ0n) is 16.9. The second-order valence-electron chi connectivity index (χ2n) is 6.99. The summed E-state index contributed by atoms with van der Waals surface area (Å²) in [5, 5.41) is 0. The fourth-order valence-electron chi connectivity index (χ4n) is 3.56. The van der Waals surface area contributed by atoms with Gasteiger partial charge in [-0.25, -0.2) is 9.97 Å². The fraction of sp³-hybridized carbons (Fsp3) is 0.208. The SMILES string of the molecule is COc1ccccc1/C=C(/C(=O)N1CCN(c2ncccn2)CC1)c1ccccc1. The molecule has 0 unspecified atom stereocenters. The molecule has 0 radical (unpaired) electrons. The number of amides is 1. The molecule has 0 atom stereocenters. The molecule has 1 aromatic heterocycles. The third kappa shape index (κ3) is 4.33. The maximum atomic E-state index is 13.5. The monoisotopic (exact) mass is 400 g/mol. The van der Waals surface area contributed by atoms with Gasteiger partial charge in [0.15, 0.2) is 0 Å². The molecule has 1 fully saturated rings. The van der Waals surface area contributed by atoms with Crippen LogP contribution < -0.4 is 9.64 Å². The Morgan fingerprint density at radius 3 is 2.27 bits per heavy atom. The lowest BCUT2D eigenvalue weighted by molar-refractivity contribution is -0.125. The van der Waals surface area contributed by atoms with Crippen LogP contribution >= 0.6 is 0 Å². The number of aromatic nitrogens is 2. The number of hydrogen-bond acceptors (Lipinski definition) is 5. The quantitative estimate of drug-likeness (QED) is 0.485. The van der Waals surface area contributed by atoms with E-state index in [4.69, 9.17) is 4.74 Å². The summed E-state index contributed by atoms with van der Waals surface area (Å²) in [5.41, 5.74) is 2.43. The summed E-state index contributed by atoms with van der Waals surface area (Å²) in [7, 11) is 1.64. The van der Waals surface area contributed by atoms with Crippen LogP contribution in [0, 0.1) is 0 Å².